The van der Waals surface area contributed by atoms with Gasteiger partial charge in [0, 0.05) is 16.6 Å². The molecule has 170 valence electrons. The fourth-order valence-corrected chi connectivity index (χ4v) is 5.42. The number of phenolic OH excluding ortho intramolecular Hbond substituents is 1. The molecule has 0 saturated carbocycles. The highest BCUT2D eigenvalue weighted by Gasteiger charge is 2.17. The molecule has 1 saturated heterocycles. The van der Waals surface area contributed by atoms with Gasteiger partial charge in [-0.15, -0.1) is 11.3 Å². The number of aromatic hydroxyl groups is 1. The van der Waals surface area contributed by atoms with E-state index in [1.165, 1.54) is 37.9 Å². The first-order valence-corrected chi connectivity index (χ1v) is 12.4. The van der Waals surface area contributed by atoms with Gasteiger partial charge < -0.3 is 14.6 Å². The van der Waals surface area contributed by atoms with E-state index >= 15 is 0 Å². The maximum atomic E-state index is 9.96. The summed E-state index contributed by atoms with van der Waals surface area (Å²) < 4.78 is 13.4. The van der Waals surface area contributed by atoms with Crippen molar-refractivity contribution in [2.24, 2.45) is 0 Å². The van der Waals surface area contributed by atoms with Gasteiger partial charge in [0.2, 0.25) is 0 Å². The quantitative estimate of drug-likeness (QED) is 0.316. The van der Waals surface area contributed by atoms with Crippen LogP contribution in [0.25, 0.3) is 20.5 Å². The van der Waals surface area contributed by atoms with Crippen molar-refractivity contribution >= 4 is 21.4 Å². The van der Waals surface area contributed by atoms with Crippen molar-refractivity contribution in [1.82, 2.24) is 4.90 Å². The van der Waals surface area contributed by atoms with E-state index in [1.54, 1.807) is 23.5 Å². The predicted molar refractivity (Wildman–Crippen MR) is 136 cm³/mol. The largest absolute Gasteiger partial charge is 0.508 e. The van der Waals surface area contributed by atoms with E-state index in [2.05, 4.69) is 36.1 Å². The zero-order chi connectivity index (χ0) is 22.6. The molecule has 0 amide bonds. The second kappa shape index (κ2) is 9.86. The Balaban J connectivity index is 1.33. The van der Waals surface area contributed by atoms with Crippen LogP contribution >= 0.6 is 11.3 Å². The smallest absolute Gasteiger partial charge is 0.153 e. The lowest BCUT2D eigenvalue weighted by atomic mass is 10.1. The first-order chi connectivity index (χ1) is 16.2. The Kier molecular flexibility index (Phi) is 6.51. The first-order valence-electron chi connectivity index (χ1n) is 11.6. The van der Waals surface area contributed by atoms with Crippen LogP contribution in [0.1, 0.15) is 24.8 Å². The number of benzene rings is 3. The maximum absolute atomic E-state index is 9.96. The van der Waals surface area contributed by atoms with Gasteiger partial charge in [0.15, 0.2) is 5.75 Å². The number of piperidine rings is 1. The number of thiophene rings is 1. The molecule has 1 aromatic heterocycles. The molecule has 0 bridgehead atoms. The van der Waals surface area contributed by atoms with Crippen molar-refractivity contribution in [3.8, 4) is 33.4 Å². The summed E-state index contributed by atoms with van der Waals surface area (Å²) in [4.78, 5) is 3.53. The monoisotopic (exact) mass is 459 g/mol. The molecule has 1 fully saturated rings. The highest BCUT2D eigenvalue weighted by atomic mass is 32.1. The zero-order valence-corrected chi connectivity index (χ0v) is 19.7. The molecule has 0 atom stereocenters. The van der Waals surface area contributed by atoms with Crippen LogP contribution in [0.2, 0.25) is 0 Å². The van der Waals surface area contributed by atoms with Crippen LogP contribution in [0.4, 0.5) is 0 Å². The maximum Gasteiger partial charge on any atom is 0.153 e. The third kappa shape index (κ3) is 5.15. The third-order valence-corrected chi connectivity index (χ3v) is 7.29. The summed E-state index contributed by atoms with van der Waals surface area (Å²) >= 11 is 1.63. The summed E-state index contributed by atoms with van der Waals surface area (Å²) in [6.07, 6.45) is 3.95. The van der Waals surface area contributed by atoms with Crippen LogP contribution in [0.3, 0.4) is 0 Å². The second-order valence-electron chi connectivity index (χ2n) is 8.63. The molecule has 5 heteroatoms. The minimum Gasteiger partial charge on any atom is -0.508 e. The molecular weight excluding hydrogens is 430 g/mol. The Labute approximate surface area is 199 Å². The molecule has 3 aromatic carbocycles. The SMILES string of the molecule is Cc1ccc(-c2sc3cc(O)ccc3c2Oc2ccc(OCCN3CCCCC3)cc2)cc1. The van der Waals surface area contributed by atoms with Gasteiger partial charge >= 0.3 is 0 Å². The van der Waals surface area contributed by atoms with Crippen molar-refractivity contribution in [3.63, 3.8) is 0 Å². The number of fused-ring (bicyclic) bond motifs is 1. The topological polar surface area (TPSA) is 41.9 Å². The fraction of sp³-hybridized carbons (Fsp3) is 0.286. The van der Waals surface area contributed by atoms with Gasteiger partial charge in [-0.3, -0.25) is 4.90 Å². The standard InChI is InChI=1S/C28H29NO3S/c1-20-5-7-21(8-6-20)28-27(25-14-9-22(30)19-26(25)33-28)32-24-12-10-23(11-13-24)31-18-17-29-15-3-2-4-16-29/h5-14,19,30H,2-4,15-18H2,1H3. The van der Waals surface area contributed by atoms with E-state index in [0.29, 0.717) is 6.61 Å². The van der Waals surface area contributed by atoms with Crippen LogP contribution in [-0.4, -0.2) is 36.2 Å². The molecule has 5 rings (SSSR count). The molecule has 1 aliphatic heterocycles. The first kappa shape index (κ1) is 21.8. The van der Waals surface area contributed by atoms with Crippen molar-refractivity contribution in [1.29, 1.82) is 0 Å². The van der Waals surface area contributed by atoms with Crippen LogP contribution in [0, 0.1) is 6.92 Å². The number of nitrogens with zero attached hydrogens (tertiary/aromatic N) is 1. The van der Waals surface area contributed by atoms with E-state index < -0.39 is 0 Å². The number of phenols is 1. The van der Waals surface area contributed by atoms with Gasteiger partial charge in [0.05, 0.1) is 4.88 Å². The third-order valence-electron chi connectivity index (χ3n) is 6.11. The normalized spacial score (nSPS) is 14.5. The molecule has 4 nitrogen and oxygen atoms in total. The van der Waals surface area contributed by atoms with E-state index in [4.69, 9.17) is 9.47 Å². The van der Waals surface area contributed by atoms with Crippen LogP contribution in [0.5, 0.6) is 23.0 Å². The molecule has 1 N–H and O–H groups in total. The molecule has 0 radical (unpaired) electrons. The van der Waals surface area contributed by atoms with Gasteiger partial charge in [-0.05, 0) is 80.9 Å². The number of hydrogen-bond donors (Lipinski definition) is 1. The van der Waals surface area contributed by atoms with E-state index in [0.717, 1.165) is 44.3 Å². The van der Waals surface area contributed by atoms with Crippen molar-refractivity contribution in [2.75, 3.05) is 26.2 Å². The van der Waals surface area contributed by atoms with Gasteiger partial charge in [0.25, 0.3) is 0 Å². The molecule has 0 unspecified atom stereocenters. The lowest BCUT2D eigenvalue weighted by Crippen LogP contribution is -2.33. The Morgan fingerprint density at radius 3 is 2.36 bits per heavy atom. The van der Waals surface area contributed by atoms with Crippen molar-refractivity contribution in [2.45, 2.75) is 26.2 Å². The molecule has 33 heavy (non-hydrogen) atoms. The Bertz CT molecular complexity index is 1210. The molecule has 4 aromatic rings. The minimum atomic E-state index is 0.261. The average molecular weight is 460 g/mol. The molecule has 0 aliphatic carbocycles. The summed E-state index contributed by atoms with van der Waals surface area (Å²) in [5.41, 5.74) is 2.32. The minimum absolute atomic E-state index is 0.261. The van der Waals surface area contributed by atoms with E-state index in [9.17, 15) is 5.11 Å². The van der Waals surface area contributed by atoms with E-state index in [1.807, 2.05) is 30.3 Å². The molecule has 0 spiro atoms. The summed E-state index contributed by atoms with van der Waals surface area (Å²) in [6.45, 7) is 6.14. The van der Waals surface area contributed by atoms with Crippen molar-refractivity contribution < 1.29 is 14.6 Å². The highest BCUT2D eigenvalue weighted by Crippen LogP contribution is 2.47. The van der Waals surface area contributed by atoms with E-state index in [-0.39, 0.29) is 5.75 Å². The Morgan fingerprint density at radius 1 is 0.879 bits per heavy atom. The van der Waals surface area contributed by atoms with Gasteiger partial charge in [-0.2, -0.15) is 0 Å². The van der Waals surface area contributed by atoms with Crippen LogP contribution in [-0.2, 0) is 0 Å². The second-order valence-corrected chi connectivity index (χ2v) is 9.68. The number of rotatable bonds is 7. The Morgan fingerprint density at radius 2 is 1.61 bits per heavy atom. The van der Waals surface area contributed by atoms with Crippen molar-refractivity contribution in [3.05, 3.63) is 72.3 Å². The number of aryl methyl sites for hydroxylation is 1. The van der Waals surface area contributed by atoms with Gasteiger partial charge in [0.1, 0.15) is 23.9 Å². The fourth-order valence-electron chi connectivity index (χ4n) is 4.26. The van der Waals surface area contributed by atoms with Gasteiger partial charge in [-0.25, -0.2) is 0 Å². The molecular formula is C28H29NO3S. The number of hydrogen-bond acceptors (Lipinski definition) is 5. The van der Waals surface area contributed by atoms with Gasteiger partial charge in [-0.1, -0.05) is 36.2 Å². The van der Waals surface area contributed by atoms with Crippen LogP contribution < -0.4 is 9.47 Å². The van der Waals surface area contributed by atoms with Crippen LogP contribution in [0.15, 0.2) is 66.7 Å². The summed E-state index contributed by atoms with van der Waals surface area (Å²) in [6, 6.07) is 21.7. The number of likely N-dealkylation sites (tertiary alicyclic amines) is 1. The number of ether oxygens (including phenoxy) is 2. The molecule has 2 heterocycles. The summed E-state index contributed by atoms with van der Waals surface area (Å²) in [5, 5.41) is 11.0. The zero-order valence-electron chi connectivity index (χ0n) is 18.9. The lowest BCUT2D eigenvalue weighted by molar-refractivity contribution is 0.183. The summed E-state index contributed by atoms with van der Waals surface area (Å²) in [7, 11) is 0. The lowest BCUT2D eigenvalue weighted by Gasteiger charge is -2.26. The highest BCUT2D eigenvalue weighted by molar-refractivity contribution is 7.22. The average Bonchev–Trinajstić information content (AvgIpc) is 3.18. The predicted octanol–water partition coefficient (Wildman–Crippen LogP) is 7.24. The Hall–Kier alpha value is -3.02. The molecule has 1 aliphatic rings. The summed E-state index contributed by atoms with van der Waals surface area (Å²) in [5.74, 6) is 2.70.